The number of amides is 1. The average molecular weight is 560 g/mol. The Morgan fingerprint density at radius 1 is 0.825 bits per heavy atom. The molecule has 1 amide bonds. The fraction of sp³-hybridized carbons (Fsp3) is 0.214. The predicted octanol–water partition coefficient (Wildman–Crippen LogP) is 6.86. The number of hydrogen-bond donors (Lipinski definition) is 1. The zero-order chi connectivity index (χ0) is 28.5. The molecular formula is C28H22F6N4O2. The van der Waals surface area contributed by atoms with E-state index in [1.165, 1.54) is 24.4 Å². The number of ether oxygens (including phenoxy) is 1. The van der Waals surface area contributed by atoms with E-state index in [2.05, 4.69) is 15.0 Å². The Bertz CT molecular complexity index is 1500. The van der Waals surface area contributed by atoms with Crippen LogP contribution in [0.15, 0.2) is 79.0 Å². The van der Waals surface area contributed by atoms with Gasteiger partial charge in [0.15, 0.2) is 0 Å². The van der Waals surface area contributed by atoms with E-state index < -0.39 is 18.1 Å². The number of carbonyl (C=O) groups excluding carboxylic acids is 1. The molecule has 1 fully saturated rings. The van der Waals surface area contributed by atoms with Crippen molar-refractivity contribution in [2.45, 2.75) is 12.5 Å². The number of piperazine rings is 1. The summed E-state index contributed by atoms with van der Waals surface area (Å²) in [6, 6.07) is 17.4. The average Bonchev–Trinajstić information content (AvgIpc) is 2.92. The number of hydrogen-bond acceptors (Lipinski definition) is 5. The Morgan fingerprint density at radius 2 is 1.50 bits per heavy atom. The van der Waals surface area contributed by atoms with Crippen LogP contribution in [-0.4, -0.2) is 48.3 Å². The third-order valence-corrected chi connectivity index (χ3v) is 6.48. The number of carbonyl (C=O) groups is 1. The fourth-order valence-electron chi connectivity index (χ4n) is 4.49. The number of alkyl halides is 6. The zero-order valence-electron chi connectivity index (χ0n) is 20.8. The zero-order valence-corrected chi connectivity index (χ0v) is 20.8. The molecule has 0 bridgehead atoms. The number of nitrogens with one attached hydrogen (secondary N) is 1. The normalized spacial score (nSPS) is 14.3. The highest BCUT2D eigenvalue weighted by atomic mass is 19.4. The largest absolute Gasteiger partial charge is 0.573 e. The quantitative estimate of drug-likeness (QED) is 0.271. The van der Waals surface area contributed by atoms with E-state index in [4.69, 9.17) is 0 Å². The highest BCUT2D eigenvalue weighted by Gasteiger charge is 2.32. The van der Waals surface area contributed by atoms with Gasteiger partial charge in [-0.15, -0.1) is 13.2 Å². The predicted molar refractivity (Wildman–Crippen MR) is 138 cm³/mol. The van der Waals surface area contributed by atoms with Crippen molar-refractivity contribution in [3.8, 4) is 5.75 Å². The van der Waals surface area contributed by atoms with Crippen molar-refractivity contribution in [2.75, 3.05) is 36.4 Å². The van der Waals surface area contributed by atoms with E-state index in [0.29, 0.717) is 48.5 Å². The van der Waals surface area contributed by atoms with E-state index in [-0.39, 0.29) is 17.2 Å². The van der Waals surface area contributed by atoms with Crippen molar-refractivity contribution in [3.05, 3.63) is 90.1 Å². The third-order valence-electron chi connectivity index (χ3n) is 6.48. The smallest absolute Gasteiger partial charge is 0.406 e. The Balaban J connectivity index is 1.20. The van der Waals surface area contributed by atoms with Crippen LogP contribution < -0.4 is 15.0 Å². The molecule has 0 spiro atoms. The van der Waals surface area contributed by atoms with Gasteiger partial charge in [0.2, 0.25) is 0 Å². The van der Waals surface area contributed by atoms with Gasteiger partial charge >= 0.3 is 12.5 Å². The molecule has 0 atom stereocenters. The first-order valence-electron chi connectivity index (χ1n) is 12.2. The summed E-state index contributed by atoms with van der Waals surface area (Å²) in [6.07, 6.45) is -7.79. The minimum atomic E-state index is -4.75. The molecule has 0 aliphatic carbocycles. The second-order valence-electron chi connectivity index (χ2n) is 9.11. The molecule has 0 unspecified atom stereocenters. The number of aromatic nitrogens is 1. The molecule has 1 aliphatic heterocycles. The minimum Gasteiger partial charge on any atom is -0.406 e. The summed E-state index contributed by atoms with van der Waals surface area (Å²) in [4.78, 5) is 20.8. The number of benzene rings is 3. The van der Waals surface area contributed by atoms with E-state index in [1.54, 1.807) is 47.4 Å². The highest BCUT2D eigenvalue weighted by Crippen LogP contribution is 2.33. The highest BCUT2D eigenvalue weighted by molar-refractivity contribution is 5.96. The van der Waals surface area contributed by atoms with Crippen LogP contribution in [0.1, 0.15) is 15.9 Å². The molecule has 3 aromatic carbocycles. The van der Waals surface area contributed by atoms with Gasteiger partial charge in [-0.2, -0.15) is 13.2 Å². The van der Waals surface area contributed by atoms with Crippen molar-refractivity contribution >= 4 is 33.9 Å². The molecule has 0 saturated carbocycles. The first-order valence-corrected chi connectivity index (χ1v) is 12.2. The van der Waals surface area contributed by atoms with Crippen LogP contribution in [0.3, 0.4) is 0 Å². The van der Waals surface area contributed by atoms with Crippen LogP contribution in [0.4, 0.5) is 43.4 Å². The van der Waals surface area contributed by atoms with Gasteiger partial charge < -0.3 is 19.9 Å². The maximum Gasteiger partial charge on any atom is 0.573 e. The number of pyridine rings is 1. The monoisotopic (exact) mass is 560 g/mol. The van der Waals surface area contributed by atoms with Crippen molar-refractivity contribution < 1.29 is 35.9 Å². The first kappa shape index (κ1) is 27.1. The maximum absolute atomic E-state index is 13.0. The lowest BCUT2D eigenvalue weighted by Crippen LogP contribution is -2.48. The minimum absolute atomic E-state index is 0.158. The number of nitrogens with zero attached hydrogens (tertiary/aromatic N) is 3. The van der Waals surface area contributed by atoms with Gasteiger partial charge in [-0.25, -0.2) is 0 Å². The molecule has 1 saturated heterocycles. The fourth-order valence-corrected chi connectivity index (χ4v) is 4.49. The first-order chi connectivity index (χ1) is 19.0. The third kappa shape index (κ3) is 6.22. The summed E-state index contributed by atoms with van der Waals surface area (Å²) < 4.78 is 80.1. The molecule has 12 heteroatoms. The van der Waals surface area contributed by atoms with E-state index >= 15 is 0 Å². The summed E-state index contributed by atoms with van der Waals surface area (Å²) in [5.74, 6) is -0.454. The van der Waals surface area contributed by atoms with Gasteiger partial charge in [0.05, 0.1) is 11.1 Å². The van der Waals surface area contributed by atoms with Gasteiger partial charge in [0.1, 0.15) is 5.75 Å². The molecule has 2 heterocycles. The molecule has 6 nitrogen and oxygen atoms in total. The number of rotatable bonds is 5. The molecule has 4 aromatic rings. The summed E-state index contributed by atoms with van der Waals surface area (Å²) in [5.41, 5.74) is 1.86. The Kier molecular flexibility index (Phi) is 7.17. The topological polar surface area (TPSA) is 57.7 Å². The Morgan fingerprint density at radius 3 is 2.12 bits per heavy atom. The van der Waals surface area contributed by atoms with E-state index in [1.807, 2.05) is 4.90 Å². The van der Waals surface area contributed by atoms with E-state index in [9.17, 15) is 31.1 Å². The van der Waals surface area contributed by atoms with Gasteiger partial charge in [-0.05, 0) is 66.7 Å². The summed E-state index contributed by atoms with van der Waals surface area (Å²) in [5, 5.41) is 3.69. The molecule has 0 radical (unpaired) electrons. The number of anilines is 3. The summed E-state index contributed by atoms with van der Waals surface area (Å²) in [6.45, 7) is 1.89. The number of halogens is 6. The molecule has 208 valence electrons. The van der Waals surface area contributed by atoms with Crippen molar-refractivity contribution in [2.24, 2.45) is 0 Å². The molecule has 1 aliphatic rings. The van der Waals surface area contributed by atoms with Gasteiger partial charge in [-0.1, -0.05) is 6.07 Å². The van der Waals surface area contributed by atoms with Gasteiger partial charge in [0, 0.05) is 60.4 Å². The van der Waals surface area contributed by atoms with E-state index in [0.717, 1.165) is 17.8 Å². The van der Waals surface area contributed by atoms with Crippen LogP contribution in [-0.2, 0) is 6.18 Å². The van der Waals surface area contributed by atoms with Crippen molar-refractivity contribution in [1.29, 1.82) is 0 Å². The summed E-state index contributed by atoms with van der Waals surface area (Å²) in [7, 11) is 0. The van der Waals surface area contributed by atoms with Crippen LogP contribution >= 0.6 is 0 Å². The van der Waals surface area contributed by atoms with Crippen LogP contribution in [0.5, 0.6) is 5.75 Å². The van der Waals surface area contributed by atoms with Gasteiger partial charge in [-0.3, -0.25) is 9.78 Å². The molecule has 5 rings (SSSR count). The molecular weight excluding hydrogens is 538 g/mol. The van der Waals surface area contributed by atoms with Gasteiger partial charge in [0.25, 0.3) is 5.91 Å². The second-order valence-corrected chi connectivity index (χ2v) is 9.11. The molecule has 1 N–H and O–H groups in total. The lowest BCUT2D eigenvalue weighted by atomic mass is 10.1. The van der Waals surface area contributed by atoms with Crippen molar-refractivity contribution in [3.63, 3.8) is 0 Å². The number of fused-ring (bicyclic) bond motifs is 1. The second kappa shape index (κ2) is 10.6. The van der Waals surface area contributed by atoms with Crippen LogP contribution in [0, 0.1) is 0 Å². The van der Waals surface area contributed by atoms with Crippen molar-refractivity contribution in [1.82, 2.24) is 9.88 Å². The Labute approximate surface area is 224 Å². The summed E-state index contributed by atoms with van der Waals surface area (Å²) >= 11 is 0. The Hall–Kier alpha value is -4.48. The standard InChI is InChI=1S/C28H22F6N4O2/c29-27(30,31)19-3-10-23-24(11-12-35-25(23)17-19)36-20-4-1-18(2-5-20)26(39)38-15-13-37(14-16-38)21-6-8-22(9-7-21)40-28(32,33)34/h1-12,17H,13-16H2,(H,35,36). The van der Waals surface area contributed by atoms with Crippen LogP contribution in [0.2, 0.25) is 0 Å². The molecule has 1 aromatic heterocycles. The lowest BCUT2D eigenvalue weighted by Gasteiger charge is -2.36. The molecule has 40 heavy (non-hydrogen) atoms. The van der Waals surface area contributed by atoms with Crippen LogP contribution in [0.25, 0.3) is 10.9 Å². The SMILES string of the molecule is O=C(c1ccc(Nc2ccnc3cc(C(F)(F)F)ccc23)cc1)N1CCN(c2ccc(OC(F)(F)F)cc2)CC1. The lowest BCUT2D eigenvalue weighted by molar-refractivity contribution is -0.274. The maximum atomic E-state index is 13.0.